The number of esters is 1. The van der Waals surface area contributed by atoms with Crippen molar-refractivity contribution < 1.29 is 35.9 Å². The summed E-state index contributed by atoms with van der Waals surface area (Å²) in [5.41, 5.74) is 0.00541. The van der Waals surface area contributed by atoms with Gasteiger partial charge in [0, 0.05) is 6.54 Å². The second kappa shape index (κ2) is 7.62. The van der Waals surface area contributed by atoms with Gasteiger partial charge in [0.15, 0.2) is 0 Å². The lowest BCUT2D eigenvalue weighted by atomic mass is 10.2. The number of alkyl halides is 3. The van der Waals surface area contributed by atoms with E-state index in [9.17, 15) is 31.2 Å². The molecule has 0 saturated carbocycles. The topological polar surface area (TPSA) is 92.8 Å². The van der Waals surface area contributed by atoms with Crippen molar-refractivity contribution in [3.8, 4) is 0 Å². The zero-order chi connectivity index (χ0) is 19.5. The molecule has 1 atom stereocenters. The number of rotatable bonds is 5. The molecule has 2 rings (SSSR count). The molecule has 1 aromatic rings. The van der Waals surface area contributed by atoms with Gasteiger partial charge < -0.3 is 10.1 Å². The minimum Gasteiger partial charge on any atom is -0.465 e. The zero-order valence-corrected chi connectivity index (χ0v) is 14.6. The predicted molar refractivity (Wildman–Crippen MR) is 83.8 cm³/mol. The molecule has 1 aliphatic rings. The van der Waals surface area contributed by atoms with Crippen molar-refractivity contribution in [2.75, 3.05) is 20.2 Å². The average Bonchev–Trinajstić information content (AvgIpc) is 3.09. The van der Waals surface area contributed by atoms with Gasteiger partial charge in [-0.3, -0.25) is 4.79 Å². The molecule has 0 spiro atoms. The Morgan fingerprint density at radius 3 is 2.65 bits per heavy atom. The summed E-state index contributed by atoms with van der Waals surface area (Å²) in [5.74, 6) is -1.74. The quantitative estimate of drug-likeness (QED) is 0.760. The third-order valence-electron chi connectivity index (χ3n) is 3.83. The van der Waals surface area contributed by atoms with E-state index < -0.39 is 40.7 Å². The van der Waals surface area contributed by atoms with Crippen LogP contribution >= 0.6 is 0 Å². The van der Waals surface area contributed by atoms with Crippen LogP contribution in [-0.4, -0.2) is 57.0 Å². The molecule has 26 heavy (non-hydrogen) atoms. The number of carbonyl (C=O) groups is 2. The van der Waals surface area contributed by atoms with E-state index in [4.69, 9.17) is 0 Å². The lowest BCUT2D eigenvalue weighted by Gasteiger charge is -2.23. The molecule has 1 heterocycles. The summed E-state index contributed by atoms with van der Waals surface area (Å²) in [6.07, 6.45) is -4.15. The van der Waals surface area contributed by atoms with Gasteiger partial charge in [-0.25, -0.2) is 13.2 Å². The van der Waals surface area contributed by atoms with E-state index in [2.05, 4.69) is 4.74 Å². The number of hydrogen-bond acceptors (Lipinski definition) is 5. The van der Waals surface area contributed by atoms with Gasteiger partial charge >= 0.3 is 12.1 Å². The first-order valence-corrected chi connectivity index (χ1v) is 9.05. The molecule has 0 bridgehead atoms. The largest absolute Gasteiger partial charge is 0.465 e. The molecule has 1 aliphatic heterocycles. The fourth-order valence-corrected chi connectivity index (χ4v) is 4.33. The molecule has 1 saturated heterocycles. The molecule has 7 nitrogen and oxygen atoms in total. The molecular weight excluding hydrogens is 377 g/mol. The maximum atomic E-state index is 12.8. The fraction of sp³-hybridized carbons (Fsp3) is 0.467. The molecule has 1 unspecified atom stereocenters. The first-order chi connectivity index (χ1) is 12.1. The second-order valence-electron chi connectivity index (χ2n) is 5.63. The average molecular weight is 394 g/mol. The van der Waals surface area contributed by atoms with Gasteiger partial charge in [0.1, 0.15) is 12.6 Å². The van der Waals surface area contributed by atoms with E-state index in [1.165, 1.54) is 18.2 Å². The smallest absolute Gasteiger partial charge is 0.405 e. The molecule has 0 radical (unpaired) electrons. The summed E-state index contributed by atoms with van der Waals surface area (Å²) < 4.78 is 67.7. The third kappa shape index (κ3) is 4.52. The Balaban J connectivity index is 2.24. The van der Waals surface area contributed by atoms with Crippen LogP contribution in [-0.2, 0) is 19.6 Å². The number of sulfonamides is 1. The Kier molecular flexibility index (Phi) is 5.91. The van der Waals surface area contributed by atoms with Crippen LogP contribution in [0, 0.1) is 0 Å². The first kappa shape index (κ1) is 20.2. The highest BCUT2D eigenvalue weighted by Gasteiger charge is 2.40. The Bertz CT molecular complexity index is 795. The van der Waals surface area contributed by atoms with Crippen molar-refractivity contribution in [3.05, 3.63) is 29.8 Å². The molecular formula is C15H17F3N2O5S. The molecule has 11 heteroatoms. The maximum absolute atomic E-state index is 12.8. The van der Waals surface area contributed by atoms with Crippen LogP contribution in [0.3, 0.4) is 0 Å². The number of ether oxygens (including phenoxy) is 1. The number of carbonyl (C=O) groups excluding carboxylic acids is 2. The Labute approximate surface area is 148 Å². The Morgan fingerprint density at radius 2 is 2.04 bits per heavy atom. The van der Waals surface area contributed by atoms with Crippen LogP contribution in [0.25, 0.3) is 0 Å². The molecule has 0 aliphatic carbocycles. The lowest BCUT2D eigenvalue weighted by Crippen LogP contribution is -2.47. The van der Waals surface area contributed by atoms with E-state index in [-0.39, 0.29) is 23.4 Å². The van der Waals surface area contributed by atoms with Crippen LogP contribution in [0.2, 0.25) is 0 Å². The minimum atomic E-state index is -4.59. The van der Waals surface area contributed by atoms with Crippen molar-refractivity contribution in [1.82, 2.24) is 9.62 Å². The van der Waals surface area contributed by atoms with Gasteiger partial charge in [0.05, 0.1) is 17.6 Å². The number of hydrogen-bond donors (Lipinski definition) is 1. The highest BCUT2D eigenvalue weighted by Crippen LogP contribution is 2.27. The molecule has 1 fully saturated rings. The number of methoxy groups -OCH3 is 1. The van der Waals surface area contributed by atoms with Gasteiger partial charge in [-0.15, -0.1) is 0 Å². The molecule has 1 aromatic carbocycles. The SMILES string of the molecule is COC(=O)c1cccc(S(=O)(=O)N2CCCC2C(=O)NCC(F)(F)F)c1. The number of amides is 1. The van der Waals surface area contributed by atoms with Gasteiger partial charge in [-0.2, -0.15) is 17.5 Å². The van der Waals surface area contributed by atoms with E-state index in [0.29, 0.717) is 6.42 Å². The van der Waals surface area contributed by atoms with Gasteiger partial charge in [-0.05, 0) is 31.0 Å². The highest BCUT2D eigenvalue weighted by molar-refractivity contribution is 7.89. The monoisotopic (exact) mass is 394 g/mol. The van der Waals surface area contributed by atoms with Crippen LogP contribution in [0.4, 0.5) is 13.2 Å². The fourth-order valence-electron chi connectivity index (χ4n) is 2.63. The molecule has 1 N–H and O–H groups in total. The first-order valence-electron chi connectivity index (χ1n) is 7.61. The van der Waals surface area contributed by atoms with Crippen molar-refractivity contribution in [2.45, 2.75) is 30.0 Å². The summed E-state index contributed by atoms with van der Waals surface area (Å²) in [6, 6.07) is 3.81. The number of benzene rings is 1. The molecule has 144 valence electrons. The lowest BCUT2D eigenvalue weighted by molar-refractivity contribution is -0.140. The van der Waals surface area contributed by atoms with E-state index in [1.807, 2.05) is 0 Å². The Morgan fingerprint density at radius 1 is 1.35 bits per heavy atom. The summed E-state index contributed by atoms with van der Waals surface area (Å²) in [5, 5.41) is 1.71. The van der Waals surface area contributed by atoms with Crippen LogP contribution in [0.1, 0.15) is 23.2 Å². The van der Waals surface area contributed by atoms with E-state index in [0.717, 1.165) is 17.5 Å². The molecule has 0 aromatic heterocycles. The summed E-state index contributed by atoms with van der Waals surface area (Å²) in [6.45, 7) is -1.54. The standard InChI is InChI=1S/C15H17F3N2O5S/c1-25-14(22)10-4-2-5-11(8-10)26(23,24)20-7-3-6-12(20)13(21)19-9-15(16,17)18/h2,4-5,8,12H,3,6-7,9H2,1H3,(H,19,21). The number of nitrogens with one attached hydrogen (secondary N) is 1. The minimum absolute atomic E-state index is 0.00507. The third-order valence-corrected chi connectivity index (χ3v) is 5.74. The Hall–Kier alpha value is -2.14. The van der Waals surface area contributed by atoms with Gasteiger partial charge in [0.2, 0.25) is 15.9 Å². The second-order valence-corrected chi connectivity index (χ2v) is 7.52. The summed E-state index contributed by atoms with van der Waals surface area (Å²) >= 11 is 0. The van der Waals surface area contributed by atoms with Gasteiger partial charge in [-0.1, -0.05) is 6.07 Å². The van der Waals surface area contributed by atoms with Crippen LogP contribution < -0.4 is 5.32 Å². The molecule has 1 amide bonds. The van der Waals surface area contributed by atoms with Crippen LogP contribution in [0.5, 0.6) is 0 Å². The van der Waals surface area contributed by atoms with Crippen LogP contribution in [0.15, 0.2) is 29.2 Å². The predicted octanol–water partition coefficient (Wildman–Crippen LogP) is 1.30. The zero-order valence-electron chi connectivity index (χ0n) is 13.7. The maximum Gasteiger partial charge on any atom is 0.405 e. The van der Waals surface area contributed by atoms with E-state index in [1.54, 1.807) is 5.32 Å². The number of nitrogens with zero attached hydrogens (tertiary/aromatic N) is 1. The van der Waals surface area contributed by atoms with Crippen molar-refractivity contribution in [2.24, 2.45) is 0 Å². The van der Waals surface area contributed by atoms with Crippen molar-refractivity contribution in [1.29, 1.82) is 0 Å². The van der Waals surface area contributed by atoms with Gasteiger partial charge in [0.25, 0.3) is 0 Å². The summed E-state index contributed by atoms with van der Waals surface area (Å²) in [7, 11) is -3.02. The summed E-state index contributed by atoms with van der Waals surface area (Å²) in [4.78, 5) is 23.3. The van der Waals surface area contributed by atoms with Crippen molar-refractivity contribution >= 4 is 21.9 Å². The highest BCUT2D eigenvalue weighted by atomic mass is 32.2. The number of halogens is 3. The normalized spacial score (nSPS) is 18.5. The van der Waals surface area contributed by atoms with Crippen molar-refractivity contribution in [3.63, 3.8) is 0 Å². The van der Waals surface area contributed by atoms with E-state index >= 15 is 0 Å².